The number of piperidine rings is 1. The van der Waals surface area contributed by atoms with Gasteiger partial charge >= 0.3 is 0 Å². The second-order valence-electron chi connectivity index (χ2n) is 11.6. The summed E-state index contributed by atoms with van der Waals surface area (Å²) in [5, 5.41) is 0. The Morgan fingerprint density at radius 3 is 2.33 bits per heavy atom. The number of nitrogens with zero attached hydrogens (tertiary/aromatic N) is 8. The number of amides is 1. The molecule has 1 amide bonds. The average Bonchev–Trinajstić information content (AvgIpc) is 3.55. The van der Waals surface area contributed by atoms with E-state index in [-0.39, 0.29) is 17.0 Å². The number of aromatic amines is 1. The predicted octanol–water partition coefficient (Wildman–Crippen LogP) is 3.10. The third-order valence-corrected chi connectivity index (χ3v) is 9.01. The van der Waals surface area contributed by atoms with E-state index in [1.54, 1.807) is 12.5 Å². The maximum atomic E-state index is 12.9. The minimum atomic E-state index is -0.212. The van der Waals surface area contributed by atoms with E-state index in [4.69, 9.17) is 9.97 Å². The molecular weight excluding hydrogens is 506 g/mol. The molecule has 1 atom stereocenters. The predicted molar refractivity (Wildman–Crippen MR) is 149 cm³/mol. The molecule has 0 bridgehead atoms. The highest BCUT2D eigenvalue weighted by Gasteiger charge is 2.49. The largest absolute Gasteiger partial charge is 0.356 e. The Labute approximate surface area is 232 Å². The zero-order chi connectivity index (χ0) is 27.2. The lowest BCUT2D eigenvalue weighted by Crippen LogP contribution is -2.44. The van der Waals surface area contributed by atoms with Crippen molar-refractivity contribution in [1.82, 2.24) is 39.0 Å². The molecule has 0 spiro atoms. The number of H-pyrrole nitrogens is 1. The van der Waals surface area contributed by atoms with Crippen LogP contribution in [0.15, 0.2) is 49.6 Å². The summed E-state index contributed by atoms with van der Waals surface area (Å²) in [5.74, 6) is 2.30. The lowest BCUT2D eigenvalue weighted by atomic mass is 9.96. The van der Waals surface area contributed by atoms with E-state index in [2.05, 4.69) is 41.5 Å². The number of pyridine rings is 1. The van der Waals surface area contributed by atoms with Gasteiger partial charge in [0.1, 0.15) is 29.0 Å². The molecule has 6 heterocycles. The number of carbonyl (C=O) groups is 2. The maximum absolute atomic E-state index is 12.9. The van der Waals surface area contributed by atoms with Crippen molar-refractivity contribution in [2.75, 3.05) is 31.1 Å². The number of aromatic nitrogens is 7. The monoisotopic (exact) mass is 541 g/mol. The third-order valence-electron chi connectivity index (χ3n) is 9.01. The number of anilines is 1. The van der Waals surface area contributed by atoms with E-state index in [0.717, 1.165) is 107 Å². The topological polar surface area (TPSA) is 118 Å². The Balaban J connectivity index is 0.000000222. The first-order valence-corrected chi connectivity index (χ1v) is 14.4. The van der Waals surface area contributed by atoms with Crippen molar-refractivity contribution < 1.29 is 9.59 Å². The van der Waals surface area contributed by atoms with Crippen LogP contribution in [0.2, 0.25) is 0 Å². The molecule has 8 rings (SSSR count). The van der Waals surface area contributed by atoms with Crippen molar-refractivity contribution in [3.63, 3.8) is 0 Å². The van der Waals surface area contributed by atoms with Gasteiger partial charge in [0.2, 0.25) is 5.91 Å². The van der Waals surface area contributed by atoms with Gasteiger partial charge in [-0.1, -0.05) is 0 Å². The van der Waals surface area contributed by atoms with E-state index >= 15 is 0 Å². The standard InChI is InChI=1S/C22H27N7O.C7H8N2O/c30-20(27-10-1-2-11-27)16-4-3-12-28(14-16)18-6-5-17-19(25-18)26-21(24-17)22(7-8-22)29-13-9-23-15-29;10-5-7(1-2-7)9-4-3-8-6-9/h5-6,9,13,15-16H,1-4,7-8,10-12,14H2,(H,24,25,26);3-6H,1-2H2/t16-;/m1./s1. The van der Waals surface area contributed by atoms with Crippen molar-refractivity contribution in [1.29, 1.82) is 0 Å². The van der Waals surface area contributed by atoms with Crippen LogP contribution >= 0.6 is 0 Å². The Kier molecular flexibility index (Phi) is 6.16. The van der Waals surface area contributed by atoms with Gasteiger partial charge in [0.15, 0.2) is 5.65 Å². The Morgan fingerprint density at radius 2 is 1.68 bits per heavy atom. The second-order valence-corrected chi connectivity index (χ2v) is 11.6. The van der Waals surface area contributed by atoms with Crippen LogP contribution < -0.4 is 4.90 Å². The molecule has 0 radical (unpaired) electrons. The van der Waals surface area contributed by atoms with Crippen LogP contribution in [0.3, 0.4) is 0 Å². The smallest absolute Gasteiger partial charge is 0.227 e. The van der Waals surface area contributed by atoms with Gasteiger partial charge in [0.05, 0.1) is 24.1 Å². The molecule has 2 aliphatic carbocycles. The molecule has 0 unspecified atom stereocenters. The molecule has 0 aromatic carbocycles. The Morgan fingerprint density at radius 1 is 0.925 bits per heavy atom. The summed E-state index contributed by atoms with van der Waals surface area (Å²) in [6.45, 7) is 3.55. The highest BCUT2D eigenvalue weighted by Crippen LogP contribution is 2.48. The highest BCUT2D eigenvalue weighted by atomic mass is 16.2. The number of rotatable bonds is 6. The fraction of sp³-hybridized carbons (Fsp3) is 0.517. The van der Waals surface area contributed by atoms with Gasteiger partial charge in [0.25, 0.3) is 0 Å². The molecule has 40 heavy (non-hydrogen) atoms. The summed E-state index contributed by atoms with van der Waals surface area (Å²) in [7, 11) is 0. The molecular formula is C29H35N9O2. The quantitative estimate of drug-likeness (QED) is 0.373. The first-order chi connectivity index (χ1) is 19.6. The minimum Gasteiger partial charge on any atom is -0.356 e. The summed E-state index contributed by atoms with van der Waals surface area (Å²) < 4.78 is 4.02. The molecule has 2 saturated heterocycles. The third kappa shape index (κ3) is 4.47. The van der Waals surface area contributed by atoms with Crippen LogP contribution in [-0.2, 0) is 20.7 Å². The molecule has 4 aromatic rings. The van der Waals surface area contributed by atoms with E-state index < -0.39 is 0 Å². The van der Waals surface area contributed by atoms with Crippen molar-refractivity contribution >= 4 is 29.2 Å². The minimum absolute atomic E-state index is 0.0834. The number of aldehydes is 1. The second kappa shape index (κ2) is 9.87. The normalized spacial score (nSPS) is 22.6. The molecule has 4 fully saturated rings. The number of hydrogen-bond acceptors (Lipinski definition) is 7. The number of likely N-dealkylation sites (tertiary alicyclic amines) is 1. The van der Waals surface area contributed by atoms with E-state index in [1.165, 1.54) is 0 Å². The van der Waals surface area contributed by atoms with Crippen molar-refractivity contribution in [3.8, 4) is 0 Å². The van der Waals surface area contributed by atoms with E-state index in [9.17, 15) is 9.59 Å². The Bertz CT molecular complexity index is 1480. The van der Waals surface area contributed by atoms with Crippen LogP contribution in [0.1, 0.15) is 57.2 Å². The fourth-order valence-electron chi connectivity index (χ4n) is 6.20. The van der Waals surface area contributed by atoms with Crippen LogP contribution in [0.5, 0.6) is 0 Å². The van der Waals surface area contributed by atoms with Crippen LogP contribution in [0.25, 0.3) is 11.2 Å². The van der Waals surface area contributed by atoms with E-state index in [1.807, 2.05) is 29.5 Å². The van der Waals surface area contributed by atoms with Gasteiger partial charge in [-0.05, 0) is 63.5 Å². The molecule has 4 aromatic heterocycles. The first kappa shape index (κ1) is 25.0. The summed E-state index contributed by atoms with van der Waals surface area (Å²) >= 11 is 0. The summed E-state index contributed by atoms with van der Waals surface area (Å²) in [6, 6.07) is 4.13. The maximum Gasteiger partial charge on any atom is 0.227 e. The van der Waals surface area contributed by atoms with Gasteiger partial charge in [-0.3, -0.25) is 4.79 Å². The zero-order valence-electron chi connectivity index (χ0n) is 22.7. The zero-order valence-corrected chi connectivity index (χ0v) is 22.7. The van der Waals surface area contributed by atoms with Crippen molar-refractivity contribution in [2.45, 2.75) is 62.4 Å². The SMILES string of the molecule is O=C([C@@H]1CCCN(c2ccc3[nH]c(C4(n5ccnc5)CC4)nc3n2)C1)N1CCCC1.O=CC1(n2ccnc2)CC1. The number of nitrogens with one attached hydrogen (secondary N) is 1. The molecule has 4 aliphatic rings. The van der Waals surface area contributed by atoms with Gasteiger partial charge in [0, 0.05) is 51.0 Å². The molecule has 208 valence electrons. The number of carbonyl (C=O) groups excluding carboxylic acids is 2. The van der Waals surface area contributed by atoms with E-state index in [0.29, 0.717) is 5.91 Å². The van der Waals surface area contributed by atoms with Crippen molar-refractivity contribution in [3.05, 3.63) is 55.4 Å². The van der Waals surface area contributed by atoms with Gasteiger partial charge in [-0.2, -0.15) is 0 Å². The van der Waals surface area contributed by atoms with Gasteiger partial charge < -0.3 is 28.7 Å². The highest BCUT2D eigenvalue weighted by molar-refractivity contribution is 5.80. The van der Waals surface area contributed by atoms with Crippen LogP contribution in [-0.4, -0.2) is 77.3 Å². The van der Waals surface area contributed by atoms with Crippen molar-refractivity contribution in [2.24, 2.45) is 5.92 Å². The summed E-state index contributed by atoms with van der Waals surface area (Å²) in [4.78, 5) is 49.0. The first-order valence-electron chi connectivity index (χ1n) is 14.4. The van der Waals surface area contributed by atoms with Gasteiger partial charge in [-0.25, -0.2) is 19.9 Å². The summed E-state index contributed by atoms with van der Waals surface area (Å²) in [5.41, 5.74) is 1.40. The van der Waals surface area contributed by atoms with Crippen LogP contribution in [0, 0.1) is 5.92 Å². The number of fused-ring (bicyclic) bond motifs is 1. The fourth-order valence-corrected chi connectivity index (χ4v) is 6.20. The molecule has 11 nitrogen and oxygen atoms in total. The molecule has 11 heteroatoms. The average molecular weight is 542 g/mol. The summed E-state index contributed by atoms with van der Waals surface area (Å²) in [6.07, 6.45) is 20.3. The number of hydrogen-bond donors (Lipinski definition) is 1. The lowest BCUT2D eigenvalue weighted by molar-refractivity contribution is -0.134. The Hall–Kier alpha value is -4.02. The van der Waals surface area contributed by atoms with Crippen LogP contribution in [0.4, 0.5) is 5.82 Å². The molecule has 1 N–H and O–H groups in total. The molecule has 2 aliphatic heterocycles. The number of imidazole rings is 3. The lowest BCUT2D eigenvalue weighted by Gasteiger charge is -2.34. The molecule has 2 saturated carbocycles. The van der Waals surface area contributed by atoms with Gasteiger partial charge in [-0.15, -0.1) is 0 Å².